The van der Waals surface area contributed by atoms with E-state index in [1.54, 1.807) is 12.1 Å². The van der Waals surface area contributed by atoms with Gasteiger partial charge >= 0.3 is 0 Å². The van der Waals surface area contributed by atoms with Gasteiger partial charge in [0.2, 0.25) is 0 Å². The Morgan fingerprint density at radius 2 is 1.45 bits per heavy atom. The summed E-state index contributed by atoms with van der Waals surface area (Å²) in [5, 5.41) is 14.3. The quantitative estimate of drug-likeness (QED) is 0.506. The number of amides is 1. The van der Waals surface area contributed by atoms with Crippen LogP contribution in [-0.4, -0.2) is 51.9 Å². The Morgan fingerprint density at radius 3 is 2.12 bits per heavy atom. The summed E-state index contributed by atoms with van der Waals surface area (Å²) in [7, 11) is 0. The molecule has 4 aromatic rings. The van der Waals surface area contributed by atoms with Crippen molar-refractivity contribution in [1.82, 2.24) is 14.7 Å². The normalized spacial score (nSPS) is 13.8. The minimum Gasteiger partial charge on any atom is -0.508 e. The zero-order valence-corrected chi connectivity index (χ0v) is 18.3. The highest BCUT2D eigenvalue weighted by atomic mass is 16.3. The number of hydrogen-bond acceptors (Lipinski definition) is 4. The summed E-state index contributed by atoms with van der Waals surface area (Å²) >= 11 is 0. The Hall–Kier alpha value is -4.06. The molecule has 1 saturated heterocycles. The number of aromatic hydroxyl groups is 1. The fourth-order valence-electron chi connectivity index (χ4n) is 4.24. The van der Waals surface area contributed by atoms with E-state index in [1.807, 2.05) is 76.4 Å². The van der Waals surface area contributed by atoms with Gasteiger partial charge in [-0.05, 0) is 29.8 Å². The van der Waals surface area contributed by atoms with Crippen LogP contribution in [0.4, 0.5) is 5.69 Å². The predicted octanol–water partition coefficient (Wildman–Crippen LogP) is 4.27. The first-order chi connectivity index (χ1) is 16.2. The zero-order valence-electron chi connectivity index (χ0n) is 18.3. The number of phenols is 1. The second-order valence-electron chi connectivity index (χ2n) is 8.24. The number of nitrogens with zero attached hydrogens (tertiary/aromatic N) is 4. The van der Waals surface area contributed by atoms with Crippen molar-refractivity contribution in [2.45, 2.75) is 6.54 Å². The van der Waals surface area contributed by atoms with Crippen LogP contribution in [-0.2, 0) is 6.54 Å². The minimum absolute atomic E-state index is 0.0125. The van der Waals surface area contributed by atoms with E-state index in [0.29, 0.717) is 25.2 Å². The van der Waals surface area contributed by atoms with E-state index < -0.39 is 0 Å². The number of carbonyl (C=O) groups is 1. The Morgan fingerprint density at radius 1 is 0.818 bits per heavy atom. The van der Waals surface area contributed by atoms with Crippen LogP contribution in [0.2, 0.25) is 0 Å². The third kappa shape index (κ3) is 4.60. The van der Waals surface area contributed by atoms with Gasteiger partial charge in [-0.15, -0.1) is 0 Å². The first-order valence-electron chi connectivity index (χ1n) is 11.2. The highest BCUT2D eigenvalue weighted by molar-refractivity contribution is 6.00. The standard InChI is InChI=1S/C27H26N4O2/c32-24-13-11-23(12-14-24)29-15-17-30(18-16-29)27(33)25-20-31(19-21-7-3-1-4-8-21)28-26(25)22-9-5-2-6-10-22/h1-14,20,32H,15-19H2. The number of piperazine rings is 1. The van der Waals surface area contributed by atoms with Crippen LogP contribution < -0.4 is 4.90 Å². The van der Waals surface area contributed by atoms with Gasteiger partial charge in [-0.1, -0.05) is 60.7 Å². The van der Waals surface area contributed by atoms with Crippen molar-refractivity contribution in [1.29, 1.82) is 0 Å². The summed E-state index contributed by atoms with van der Waals surface area (Å²) in [6.07, 6.45) is 1.88. The van der Waals surface area contributed by atoms with Gasteiger partial charge in [-0.3, -0.25) is 9.48 Å². The lowest BCUT2D eigenvalue weighted by Gasteiger charge is -2.36. The third-order valence-corrected chi connectivity index (χ3v) is 6.01. The number of carbonyl (C=O) groups excluding carboxylic acids is 1. The second kappa shape index (κ2) is 9.20. The average molecular weight is 439 g/mol. The highest BCUT2D eigenvalue weighted by Gasteiger charge is 2.26. The first-order valence-corrected chi connectivity index (χ1v) is 11.2. The number of anilines is 1. The molecule has 5 rings (SSSR count). The van der Waals surface area contributed by atoms with Gasteiger partial charge in [0.05, 0.1) is 12.1 Å². The van der Waals surface area contributed by atoms with Crippen molar-refractivity contribution < 1.29 is 9.90 Å². The van der Waals surface area contributed by atoms with Crippen LogP contribution in [0.15, 0.2) is 91.1 Å². The van der Waals surface area contributed by atoms with Gasteiger partial charge in [0, 0.05) is 43.6 Å². The smallest absolute Gasteiger partial charge is 0.257 e. The SMILES string of the molecule is O=C(c1cn(Cc2ccccc2)nc1-c1ccccc1)N1CCN(c2ccc(O)cc2)CC1. The molecule has 6 heteroatoms. The number of benzene rings is 3. The van der Waals surface area contributed by atoms with Gasteiger partial charge in [0.15, 0.2) is 0 Å². The molecule has 0 atom stereocenters. The average Bonchev–Trinajstić information content (AvgIpc) is 3.29. The maximum atomic E-state index is 13.6. The molecule has 2 heterocycles. The molecule has 1 N–H and O–H groups in total. The van der Waals surface area contributed by atoms with Crippen LogP contribution in [0.1, 0.15) is 15.9 Å². The minimum atomic E-state index is 0.0125. The molecular formula is C27H26N4O2. The summed E-state index contributed by atoms with van der Waals surface area (Å²) in [6.45, 7) is 3.38. The molecule has 1 aliphatic heterocycles. The van der Waals surface area contributed by atoms with Crippen LogP contribution in [0.3, 0.4) is 0 Å². The van der Waals surface area contributed by atoms with Crippen LogP contribution >= 0.6 is 0 Å². The summed E-state index contributed by atoms with van der Waals surface area (Å²) in [5.74, 6) is 0.270. The van der Waals surface area contributed by atoms with Crippen molar-refractivity contribution in [2.24, 2.45) is 0 Å². The molecule has 3 aromatic carbocycles. The van der Waals surface area contributed by atoms with Gasteiger partial charge in [0.1, 0.15) is 11.4 Å². The van der Waals surface area contributed by atoms with Crippen LogP contribution in [0.25, 0.3) is 11.3 Å². The Labute approximate surface area is 193 Å². The number of phenolic OH excluding ortho intramolecular Hbond substituents is 1. The molecular weight excluding hydrogens is 412 g/mol. The number of hydrogen-bond donors (Lipinski definition) is 1. The van der Waals surface area contributed by atoms with Crippen LogP contribution in [0.5, 0.6) is 5.75 Å². The van der Waals surface area contributed by atoms with Crippen molar-refractivity contribution in [3.8, 4) is 17.0 Å². The molecule has 0 unspecified atom stereocenters. The maximum absolute atomic E-state index is 13.6. The molecule has 0 bridgehead atoms. The molecule has 33 heavy (non-hydrogen) atoms. The lowest BCUT2D eigenvalue weighted by Crippen LogP contribution is -2.48. The van der Waals surface area contributed by atoms with E-state index in [1.165, 1.54) is 0 Å². The summed E-state index contributed by atoms with van der Waals surface area (Å²) < 4.78 is 1.86. The van der Waals surface area contributed by atoms with Crippen molar-refractivity contribution in [3.63, 3.8) is 0 Å². The number of aromatic nitrogens is 2. The van der Waals surface area contributed by atoms with E-state index >= 15 is 0 Å². The van der Waals surface area contributed by atoms with Crippen molar-refractivity contribution in [3.05, 3.63) is 102 Å². The first kappa shape index (κ1) is 20.8. The topological polar surface area (TPSA) is 61.6 Å². The van der Waals surface area contributed by atoms with Gasteiger partial charge in [-0.25, -0.2) is 0 Å². The Balaban J connectivity index is 1.37. The fourth-order valence-corrected chi connectivity index (χ4v) is 4.24. The highest BCUT2D eigenvalue weighted by Crippen LogP contribution is 2.25. The van der Waals surface area contributed by atoms with E-state index in [9.17, 15) is 9.90 Å². The molecule has 6 nitrogen and oxygen atoms in total. The van der Waals surface area contributed by atoms with Gasteiger partial charge in [0.25, 0.3) is 5.91 Å². The van der Waals surface area contributed by atoms with E-state index in [-0.39, 0.29) is 11.7 Å². The summed E-state index contributed by atoms with van der Waals surface area (Å²) in [5.41, 5.74) is 4.49. The third-order valence-electron chi connectivity index (χ3n) is 6.01. The van der Waals surface area contributed by atoms with Gasteiger partial charge < -0.3 is 14.9 Å². The van der Waals surface area contributed by atoms with E-state index in [2.05, 4.69) is 17.0 Å². The van der Waals surface area contributed by atoms with E-state index in [4.69, 9.17) is 5.10 Å². The van der Waals surface area contributed by atoms with E-state index in [0.717, 1.165) is 35.6 Å². The lowest BCUT2D eigenvalue weighted by atomic mass is 10.1. The van der Waals surface area contributed by atoms with Crippen molar-refractivity contribution >= 4 is 11.6 Å². The molecule has 0 radical (unpaired) electrons. The molecule has 0 saturated carbocycles. The number of rotatable bonds is 5. The molecule has 0 spiro atoms. The Kier molecular flexibility index (Phi) is 5.81. The monoisotopic (exact) mass is 438 g/mol. The Bertz CT molecular complexity index is 1210. The summed E-state index contributed by atoms with van der Waals surface area (Å²) in [4.78, 5) is 17.7. The molecule has 1 aromatic heterocycles. The maximum Gasteiger partial charge on any atom is 0.257 e. The molecule has 166 valence electrons. The second-order valence-corrected chi connectivity index (χ2v) is 8.24. The predicted molar refractivity (Wildman–Crippen MR) is 129 cm³/mol. The molecule has 0 aliphatic carbocycles. The van der Waals surface area contributed by atoms with Gasteiger partial charge in [-0.2, -0.15) is 5.10 Å². The molecule has 1 aliphatic rings. The summed E-state index contributed by atoms with van der Waals surface area (Å²) in [6, 6.07) is 27.2. The fraction of sp³-hybridized carbons (Fsp3) is 0.185. The lowest BCUT2D eigenvalue weighted by molar-refractivity contribution is 0.0747. The van der Waals surface area contributed by atoms with Crippen molar-refractivity contribution in [2.75, 3.05) is 31.1 Å². The van der Waals surface area contributed by atoms with Crippen LogP contribution in [0, 0.1) is 0 Å². The largest absolute Gasteiger partial charge is 0.508 e. The molecule has 1 fully saturated rings. The zero-order chi connectivity index (χ0) is 22.6. The molecule has 1 amide bonds.